The Morgan fingerprint density at radius 1 is 1.10 bits per heavy atom. The summed E-state index contributed by atoms with van der Waals surface area (Å²) in [5, 5.41) is 7.63. The number of methoxy groups -OCH3 is 1. The van der Waals surface area contributed by atoms with Crippen LogP contribution in [0.2, 0.25) is 0 Å². The van der Waals surface area contributed by atoms with E-state index >= 15 is 0 Å². The number of hydrogen-bond acceptors (Lipinski definition) is 5. The zero-order chi connectivity index (χ0) is 20.4. The highest BCUT2D eigenvalue weighted by Crippen LogP contribution is 2.26. The number of rotatable bonds is 6. The molecular weight excluding hydrogens is 384 g/mol. The topological polar surface area (TPSA) is 68.5 Å². The standard InChI is InChI=1S/C22H22N4O2S/c1-14-4-6-17(7-5-14)21(27)23-13-12-19-15(2)26-22(29-19)24-20(25-26)16-8-10-18(28-3)11-9-16/h4-11H,12-13H2,1-3H3,(H,23,27). The van der Waals surface area contributed by atoms with E-state index in [0.717, 1.165) is 34.0 Å². The van der Waals surface area contributed by atoms with Crippen LogP contribution in [-0.2, 0) is 6.42 Å². The second kappa shape index (κ2) is 8.05. The Morgan fingerprint density at radius 2 is 1.83 bits per heavy atom. The molecule has 0 saturated heterocycles. The summed E-state index contributed by atoms with van der Waals surface area (Å²) in [5.74, 6) is 1.45. The van der Waals surface area contributed by atoms with Gasteiger partial charge in [-0.25, -0.2) is 4.52 Å². The van der Waals surface area contributed by atoms with Gasteiger partial charge in [0.25, 0.3) is 5.91 Å². The summed E-state index contributed by atoms with van der Waals surface area (Å²) in [7, 11) is 1.65. The van der Waals surface area contributed by atoms with Gasteiger partial charge in [-0.2, -0.15) is 4.98 Å². The first-order valence-electron chi connectivity index (χ1n) is 9.39. The van der Waals surface area contributed by atoms with Crippen molar-refractivity contribution in [1.82, 2.24) is 19.9 Å². The molecule has 4 rings (SSSR count). The molecule has 0 aliphatic heterocycles. The van der Waals surface area contributed by atoms with Crippen molar-refractivity contribution >= 4 is 22.2 Å². The van der Waals surface area contributed by atoms with Crippen molar-refractivity contribution in [1.29, 1.82) is 0 Å². The smallest absolute Gasteiger partial charge is 0.251 e. The molecule has 0 radical (unpaired) electrons. The van der Waals surface area contributed by atoms with E-state index in [9.17, 15) is 4.79 Å². The fraction of sp³-hybridized carbons (Fsp3) is 0.227. The second-order valence-corrected chi connectivity index (χ2v) is 7.90. The van der Waals surface area contributed by atoms with Crippen LogP contribution in [0.15, 0.2) is 48.5 Å². The molecule has 0 atom stereocenters. The molecular formula is C22H22N4O2S. The quantitative estimate of drug-likeness (QED) is 0.524. The van der Waals surface area contributed by atoms with Gasteiger partial charge < -0.3 is 10.1 Å². The van der Waals surface area contributed by atoms with Crippen molar-refractivity contribution in [2.24, 2.45) is 0 Å². The van der Waals surface area contributed by atoms with E-state index in [4.69, 9.17) is 4.74 Å². The predicted molar refractivity (Wildman–Crippen MR) is 115 cm³/mol. The lowest BCUT2D eigenvalue weighted by Crippen LogP contribution is -2.25. The Morgan fingerprint density at radius 3 is 2.48 bits per heavy atom. The third-order valence-electron chi connectivity index (χ3n) is 4.81. The van der Waals surface area contributed by atoms with E-state index in [-0.39, 0.29) is 5.91 Å². The van der Waals surface area contributed by atoms with Crippen LogP contribution in [0.5, 0.6) is 5.75 Å². The van der Waals surface area contributed by atoms with Gasteiger partial charge in [-0.1, -0.05) is 29.0 Å². The molecule has 0 fully saturated rings. The van der Waals surface area contributed by atoms with Gasteiger partial charge in [0.15, 0.2) is 5.82 Å². The molecule has 0 aliphatic carbocycles. The third-order valence-corrected chi connectivity index (χ3v) is 6.01. The van der Waals surface area contributed by atoms with Gasteiger partial charge in [-0.3, -0.25) is 4.79 Å². The number of benzene rings is 2. The number of fused-ring (bicyclic) bond motifs is 1. The maximum absolute atomic E-state index is 12.3. The summed E-state index contributed by atoms with van der Waals surface area (Å²) in [6, 6.07) is 15.3. The minimum absolute atomic E-state index is 0.0519. The van der Waals surface area contributed by atoms with Crippen LogP contribution < -0.4 is 10.1 Å². The normalized spacial score (nSPS) is 11.0. The number of carbonyl (C=O) groups excluding carboxylic acids is 1. The van der Waals surface area contributed by atoms with Crippen molar-refractivity contribution in [2.45, 2.75) is 20.3 Å². The molecule has 0 aliphatic rings. The number of aromatic nitrogens is 3. The lowest BCUT2D eigenvalue weighted by molar-refractivity contribution is 0.0954. The van der Waals surface area contributed by atoms with Crippen molar-refractivity contribution < 1.29 is 9.53 Å². The predicted octanol–water partition coefficient (Wildman–Crippen LogP) is 4.06. The van der Waals surface area contributed by atoms with E-state index < -0.39 is 0 Å². The van der Waals surface area contributed by atoms with Crippen molar-refractivity contribution in [2.75, 3.05) is 13.7 Å². The van der Waals surface area contributed by atoms with Crippen molar-refractivity contribution in [3.63, 3.8) is 0 Å². The highest BCUT2D eigenvalue weighted by Gasteiger charge is 2.15. The van der Waals surface area contributed by atoms with Gasteiger partial charge in [0.05, 0.1) is 12.8 Å². The van der Waals surface area contributed by atoms with Crippen molar-refractivity contribution in [3.05, 3.63) is 70.2 Å². The first kappa shape index (κ1) is 19.1. The largest absolute Gasteiger partial charge is 0.497 e. The van der Waals surface area contributed by atoms with Crippen LogP contribution in [0.3, 0.4) is 0 Å². The van der Waals surface area contributed by atoms with E-state index in [1.807, 2.05) is 66.9 Å². The lowest BCUT2D eigenvalue weighted by Gasteiger charge is -2.05. The Hall–Kier alpha value is -3.19. The van der Waals surface area contributed by atoms with Gasteiger partial charge in [0.1, 0.15) is 5.75 Å². The summed E-state index contributed by atoms with van der Waals surface area (Å²) in [6.07, 6.45) is 0.747. The number of aryl methyl sites for hydroxylation is 2. The number of thiazole rings is 1. The SMILES string of the molecule is COc1ccc(-c2nc3sc(CCNC(=O)c4ccc(C)cc4)c(C)n3n2)cc1. The third kappa shape index (κ3) is 4.00. The maximum Gasteiger partial charge on any atom is 0.251 e. The Bertz CT molecular complexity index is 1140. The molecule has 0 bridgehead atoms. The van der Waals surface area contributed by atoms with Gasteiger partial charge in [0.2, 0.25) is 4.96 Å². The molecule has 148 valence electrons. The molecule has 0 unspecified atom stereocenters. The molecule has 0 spiro atoms. The minimum Gasteiger partial charge on any atom is -0.497 e. The number of amides is 1. The minimum atomic E-state index is -0.0519. The number of hydrogen-bond donors (Lipinski definition) is 1. The van der Waals surface area contributed by atoms with Gasteiger partial charge in [-0.05, 0) is 50.2 Å². The average Bonchev–Trinajstić information content (AvgIpc) is 3.28. The first-order valence-corrected chi connectivity index (χ1v) is 10.2. The van der Waals surface area contributed by atoms with Gasteiger partial charge >= 0.3 is 0 Å². The Kier molecular flexibility index (Phi) is 5.31. The molecule has 0 saturated carbocycles. The van der Waals surface area contributed by atoms with E-state index in [1.165, 1.54) is 4.88 Å². The summed E-state index contributed by atoms with van der Waals surface area (Å²) >= 11 is 1.61. The highest BCUT2D eigenvalue weighted by molar-refractivity contribution is 7.17. The molecule has 2 heterocycles. The summed E-state index contributed by atoms with van der Waals surface area (Å²) in [4.78, 5) is 18.9. The van der Waals surface area contributed by atoms with Gasteiger partial charge in [0, 0.05) is 29.0 Å². The van der Waals surface area contributed by atoms with Crippen LogP contribution in [0.4, 0.5) is 0 Å². The van der Waals surface area contributed by atoms with E-state index in [2.05, 4.69) is 15.4 Å². The Labute approximate surface area is 173 Å². The summed E-state index contributed by atoms with van der Waals surface area (Å²) in [5.41, 5.74) is 3.83. The molecule has 7 heteroatoms. The Balaban J connectivity index is 1.43. The van der Waals surface area contributed by atoms with Gasteiger partial charge in [-0.15, -0.1) is 5.10 Å². The van der Waals surface area contributed by atoms with E-state index in [0.29, 0.717) is 17.9 Å². The summed E-state index contributed by atoms with van der Waals surface area (Å²) in [6.45, 7) is 4.61. The highest BCUT2D eigenvalue weighted by atomic mass is 32.1. The molecule has 1 N–H and O–H groups in total. The lowest BCUT2D eigenvalue weighted by atomic mass is 10.1. The molecule has 4 aromatic rings. The average molecular weight is 407 g/mol. The maximum atomic E-state index is 12.3. The monoisotopic (exact) mass is 406 g/mol. The van der Waals surface area contributed by atoms with Crippen LogP contribution >= 0.6 is 11.3 Å². The molecule has 6 nitrogen and oxygen atoms in total. The molecule has 29 heavy (non-hydrogen) atoms. The fourth-order valence-corrected chi connectivity index (χ4v) is 4.13. The second-order valence-electron chi connectivity index (χ2n) is 6.84. The number of nitrogens with zero attached hydrogens (tertiary/aromatic N) is 3. The van der Waals surface area contributed by atoms with Crippen molar-refractivity contribution in [3.8, 4) is 17.1 Å². The fourth-order valence-electron chi connectivity index (χ4n) is 3.08. The first-order chi connectivity index (χ1) is 14.0. The molecule has 2 aromatic heterocycles. The molecule has 2 aromatic carbocycles. The van der Waals surface area contributed by atoms with Crippen LogP contribution in [0, 0.1) is 13.8 Å². The number of nitrogens with one attached hydrogen (secondary N) is 1. The zero-order valence-electron chi connectivity index (χ0n) is 16.6. The number of ether oxygens (including phenoxy) is 1. The van der Waals surface area contributed by atoms with Crippen LogP contribution in [0.1, 0.15) is 26.5 Å². The number of carbonyl (C=O) groups is 1. The summed E-state index contributed by atoms with van der Waals surface area (Å²) < 4.78 is 7.07. The van der Waals surface area contributed by atoms with Crippen LogP contribution in [0.25, 0.3) is 16.3 Å². The molecule has 1 amide bonds. The zero-order valence-corrected chi connectivity index (χ0v) is 17.4. The van der Waals surface area contributed by atoms with E-state index in [1.54, 1.807) is 18.4 Å². The van der Waals surface area contributed by atoms with Crippen LogP contribution in [-0.4, -0.2) is 34.2 Å².